The van der Waals surface area contributed by atoms with Crippen LogP contribution in [0.15, 0.2) is 35.6 Å². The van der Waals surface area contributed by atoms with Crippen molar-refractivity contribution in [1.29, 1.82) is 0 Å². The lowest BCUT2D eigenvalue weighted by molar-refractivity contribution is -0.139. The third-order valence-corrected chi connectivity index (χ3v) is 6.49. The normalized spacial score (nSPS) is 14.5. The lowest BCUT2D eigenvalue weighted by atomic mass is 10.1. The Bertz CT molecular complexity index is 1230. The summed E-state index contributed by atoms with van der Waals surface area (Å²) in [6, 6.07) is 4.69. The van der Waals surface area contributed by atoms with Gasteiger partial charge in [0.2, 0.25) is 5.16 Å². The van der Waals surface area contributed by atoms with Crippen LogP contribution >= 0.6 is 11.6 Å². The fourth-order valence-electron chi connectivity index (χ4n) is 2.74. The molecule has 15 heteroatoms. The van der Waals surface area contributed by atoms with E-state index in [1.807, 2.05) is 0 Å². The molecule has 3 atom stereocenters. The van der Waals surface area contributed by atoms with Gasteiger partial charge >= 0.3 is 12.6 Å². The molecule has 0 amide bonds. The van der Waals surface area contributed by atoms with Gasteiger partial charge in [-0.25, -0.2) is 9.19 Å². The Kier molecular flexibility index (Phi) is 9.93. The number of hydrogen-bond donors (Lipinski definition) is 4. The van der Waals surface area contributed by atoms with Gasteiger partial charge in [-0.15, -0.1) is 0 Å². The summed E-state index contributed by atoms with van der Waals surface area (Å²) >= 11 is 6.16. The van der Waals surface area contributed by atoms with Gasteiger partial charge in [-0.3, -0.25) is 9.78 Å². The minimum atomic E-state index is -2.99. The minimum absolute atomic E-state index is 0.000388. The van der Waals surface area contributed by atoms with Crippen molar-refractivity contribution in [2.75, 3.05) is 14.2 Å². The molecule has 0 spiro atoms. The summed E-state index contributed by atoms with van der Waals surface area (Å²) in [6.07, 6.45) is 1.30. The van der Waals surface area contributed by atoms with Crippen LogP contribution in [-0.2, 0) is 20.0 Å². The Balaban J connectivity index is 0.000000493. The number of methoxy groups -OCH3 is 2. The van der Waals surface area contributed by atoms with Gasteiger partial charge in [-0.1, -0.05) is 25.4 Å². The maximum Gasteiger partial charge on any atom is 0.387 e. The fourth-order valence-corrected chi connectivity index (χ4v) is 4.05. The van der Waals surface area contributed by atoms with E-state index in [4.69, 9.17) is 31.9 Å². The molecule has 0 saturated carbocycles. The second-order valence-corrected chi connectivity index (χ2v) is 9.72. The predicted octanol–water partition coefficient (Wildman–Crippen LogP) is 2.78. The maximum absolute atomic E-state index is 12.9. The number of nitrogens with one attached hydrogen (secondary N) is 1. The number of benzene rings is 1. The number of carboxylic acids is 1. The highest BCUT2D eigenvalue weighted by molar-refractivity contribution is 7.87. The number of alkyl halides is 3. The van der Waals surface area contributed by atoms with E-state index in [0.717, 1.165) is 0 Å². The Morgan fingerprint density at radius 1 is 1.25 bits per heavy atom. The molecule has 0 aliphatic rings. The SMILES string of the molecule is CC(C)[C@H](N)C(=O)O.COc1ccnc(C(O)(Cl)S(=O)c2nc3ccc(OC(F)F)cc3[nH]2)c1OC. The third-order valence-electron chi connectivity index (χ3n) is 4.67. The zero-order chi connectivity index (χ0) is 27.2. The number of aromatic amines is 1. The first-order chi connectivity index (χ1) is 16.8. The fraction of sp³-hybridized carbons (Fsp3) is 0.381. The zero-order valence-corrected chi connectivity index (χ0v) is 21.1. The number of aromatic nitrogens is 3. The molecule has 0 bridgehead atoms. The van der Waals surface area contributed by atoms with Crippen molar-refractivity contribution in [3.05, 3.63) is 36.2 Å². The average molecular weight is 551 g/mol. The molecule has 198 valence electrons. The summed E-state index contributed by atoms with van der Waals surface area (Å²) in [7, 11) is 0.340. The molecule has 2 aromatic heterocycles. The van der Waals surface area contributed by atoms with Crippen LogP contribution in [0.3, 0.4) is 0 Å². The molecule has 2 heterocycles. The van der Waals surface area contributed by atoms with Crippen LogP contribution in [0.1, 0.15) is 19.5 Å². The number of hydrogen-bond acceptors (Lipinski definition) is 9. The first-order valence-corrected chi connectivity index (χ1v) is 11.7. The smallest absolute Gasteiger partial charge is 0.387 e. The lowest BCUT2D eigenvalue weighted by Gasteiger charge is -2.21. The van der Waals surface area contributed by atoms with E-state index >= 15 is 0 Å². The van der Waals surface area contributed by atoms with Gasteiger partial charge in [0.25, 0.3) is 4.39 Å². The first kappa shape index (κ1) is 29.2. The number of H-pyrrole nitrogens is 1. The number of nitrogens with two attached hydrogens (primary N) is 1. The van der Waals surface area contributed by atoms with Gasteiger partial charge in [0.15, 0.2) is 11.5 Å². The Morgan fingerprint density at radius 3 is 2.42 bits per heavy atom. The molecule has 0 saturated heterocycles. The predicted molar refractivity (Wildman–Crippen MR) is 127 cm³/mol. The maximum atomic E-state index is 12.9. The van der Waals surface area contributed by atoms with E-state index in [0.29, 0.717) is 5.52 Å². The van der Waals surface area contributed by atoms with Crippen molar-refractivity contribution >= 4 is 39.4 Å². The number of imidazole rings is 1. The molecule has 36 heavy (non-hydrogen) atoms. The van der Waals surface area contributed by atoms with Gasteiger partial charge in [0, 0.05) is 18.3 Å². The largest absolute Gasteiger partial charge is 0.493 e. The molecule has 0 fully saturated rings. The van der Waals surface area contributed by atoms with Gasteiger partial charge in [-0.05, 0) is 18.1 Å². The number of pyridine rings is 1. The van der Waals surface area contributed by atoms with Crippen LogP contribution in [0.2, 0.25) is 0 Å². The molecule has 3 aromatic rings. The molecule has 3 rings (SSSR count). The van der Waals surface area contributed by atoms with E-state index in [1.165, 1.54) is 44.7 Å². The number of ether oxygens (including phenoxy) is 3. The van der Waals surface area contributed by atoms with Gasteiger partial charge in [0.1, 0.15) is 28.3 Å². The molecule has 5 N–H and O–H groups in total. The van der Waals surface area contributed by atoms with E-state index < -0.39 is 33.8 Å². The summed E-state index contributed by atoms with van der Waals surface area (Å²) in [5, 5.41) is 18.7. The number of aliphatic hydroxyl groups is 1. The van der Waals surface area contributed by atoms with Crippen LogP contribution in [0.25, 0.3) is 11.0 Å². The van der Waals surface area contributed by atoms with Gasteiger partial charge in [-0.2, -0.15) is 8.78 Å². The van der Waals surface area contributed by atoms with E-state index in [2.05, 4.69) is 19.7 Å². The van der Waals surface area contributed by atoms with Crippen molar-refractivity contribution < 1.29 is 42.2 Å². The van der Waals surface area contributed by atoms with E-state index in [1.54, 1.807) is 13.8 Å². The molecule has 0 radical (unpaired) electrons. The van der Waals surface area contributed by atoms with E-state index in [9.17, 15) is 22.9 Å². The number of carbonyl (C=O) groups is 1. The monoisotopic (exact) mass is 550 g/mol. The summed E-state index contributed by atoms with van der Waals surface area (Å²) in [5.74, 6) is -0.796. The summed E-state index contributed by atoms with van der Waals surface area (Å²) < 4.78 is 49.7. The standard InChI is InChI=1S/C16H14ClF2N3O5S.C5H11NO2/c1-25-11-5-6-20-13(12(11)26-2)16(17,23)28(24)15-21-9-4-3-8(27-14(18)19)7-10(9)22-15;1-3(2)4(6)5(7)8/h3-7,14,23H,1-2H3,(H,21,22);3-4H,6H2,1-2H3,(H,7,8)/t;4-/m.0/s1. The molecular formula is C21H25ClF2N4O7S. The van der Waals surface area contributed by atoms with Crippen LogP contribution < -0.4 is 19.9 Å². The van der Waals surface area contributed by atoms with Gasteiger partial charge < -0.3 is 35.1 Å². The summed E-state index contributed by atoms with van der Waals surface area (Å²) in [4.78, 5) is 20.7. The van der Waals surface area contributed by atoms with Crippen molar-refractivity contribution in [2.24, 2.45) is 11.7 Å². The van der Waals surface area contributed by atoms with Crippen molar-refractivity contribution in [2.45, 2.75) is 36.0 Å². The van der Waals surface area contributed by atoms with Crippen LogP contribution in [0, 0.1) is 5.92 Å². The molecule has 0 aliphatic carbocycles. The quantitative estimate of drug-likeness (QED) is 0.290. The zero-order valence-electron chi connectivity index (χ0n) is 19.6. The third kappa shape index (κ3) is 6.78. The second kappa shape index (κ2) is 12.3. The number of nitrogens with zero attached hydrogens (tertiary/aromatic N) is 2. The number of aliphatic carboxylic acids is 1. The second-order valence-electron chi connectivity index (χ2n) is 7.43. The van der Waals surface area contributed by atoms with Gasteiger partial charge in [0.05, 0.1) is 25.3 Å². The van der Waals surface area contributed by atoms with Crippen LogP contribution in [-0.4, -0.2) is 62.2 Å². The molecular weight excluding hydrogens is 526 g/mol. The van der Waals surface area contributed by atoms with Crippen molar-refractivity contribution in [1.82, 2.24) is 15.0 Å². The number of carboxylic acid groups (broad SMARTS) is 1. The molecule has 0 aliphatic heterocycles. The Morgan fingerprint density at radius 2 is 1.92 bits per heavy atom. The number of rotatable bonds is 9. The molecule has 11 nitrogen and oxygen atoms in total. The number of halogens is 3. The average Bonchev–Trinajstić information content (AvgIpc) is 3.25. The molecule has 2 unspecified atom stereocenters. The first-order valence-electron chi connectivity index (χ1n) is 10.2. The van der Waals surface area contributed by atoms with Crippen LogP contribution in [0.5, 0.6) is 17.2 Å². The summed E-state index contributed by atoms with van der Waals surface area (Å²) in [5.41, 5.74) is 5.49. The summed E-state index contributed by atoms with van der Waals surface area (Å²) in [6.45, 7) is 0.561. The number of fused-ring (bicyclic) bond motifs is 1. The topological polar surface area (TPSA) is 170 Å². The van der Waals surface area contributed by atoms with E-state index in [-0.39, 0.29) is 39.5 Å². The molecule has 1 aromatic carbocycles. The van der Waals surface area contributed by atoms with Crippen LogP contribution in [0.4, 0.5) is 8.78 Å². The highest BCUT2D eigenvalue weighted by Gasteiger charge is 2.42. The van der Waals surface area contributed by atoms with Crippen molar-refractivity contribution in [3.8, 4) is 17.2 Å². The highest BCUT2D eigenvalue weighted by Crippen LogP contribution is 2.41. The highest BCUT2D eigenvalue weighted by atomic mass is 35.5. The Hall–Kier alpha value is -3.07. The Labute approximate surface area is 212 Å². The van der Waals surface area contributed by atoms with Crippen molar-refractivity contribution in [3.63, 3.8) is 0 Å². The lowest BCUT2D eigenvalue weighted by Crippen LogP contribution is -2.34. The minimum Gasteiger partial charge on any atom is -0.493 e.